The molecule has 1 atom stereocenters. The van der Waals surface area contributed by atoms with Crippen LogP contribution in [0.1, 0.15) is 26.8 Å². The van der Waals surface area contributed by atoms with E-state index in [-0.39, 0.29) is 11.9 Å². The van der Waals surface area contributed by atoms with Gasteiger partial charge < -0.3 is 10.1 Å². The van der Waals surface area contributed by atoms with Crippen LogP contribution in [0.25, 0.3) is 10.1 Å². The average Bonchev–Trinajstić information content (AvgIpc) is 3.14. The Morgan fingerprint density at radius 1 is 1.15 bits per heavy atom. The second kappa shape index (κ2) is 8.21. The Labute approximate surface area is 163 Å². The Kier molecular flexibility index (Phi) is 5.53. The van der Waals surface area contributed by atoms with Gasteiger partial charge in [-0.25, -0.2) is 0 Å². The monoisotopic (exact) mass is 380 g/mol. The molecule has 1 fully saturated rings. The third-order valence-corrected chi connectivity index (χ3v) is 6.17. The first-order valence-electron chi connectivity index (χ1n) is 9.36. The molecule has 3 aromatic rings. The lowest BCUT2D eigenvalue weighted by Gasteiger charge is -2.35. The van der Waals surface area contributed by atoms with Gasteiger partial charge in [-0.1, -0.05) is 48.0 Å². The van der Waals surface area contributed by atoms with Gasteiger partial charge in [0.05, 0.1) is 24.1 Å². The van der Waals surface area contributed by atoms with Crippen molar-refractivity contribution in [3.63, 3.8) is 0 Å². The van der Waals surface area contributed by atoms with E-state index in [2.05, 4.69) is 47.5 Å². The van der Waals surface area contributed by atoms with Crippen molar-refractivity contribution in [1.82, 2.24) is 10.2 Å². The molecule has 4 rings (SSSR count). The highest BCUT2D eigenvalue weighted by Crippen LogP contribution is 2.26. The molecular weight excluding hydrogens is 356 g/mol. The zero-order valence-corrected chi connectivity index (χ0v) is 16.3. The van der Waals surface area contributed by atoms with Crippen LogP contribution in [0.5, 0.6) is 0 Å². The van der Waals surface area contributed by atoms with E-state index in [1.54, 1.807) is 11.3 Å². The number of hydrogen-bond donors (Lipinski definition) is 1. The molecule has 0 saturated carbocycles. The number of amides is 1. The van der Waals surface area contributed by atoms with Crippen molar-refractivity contribution in [2.24, 2.45) is 0 Å². The predicted molar refractivity (Wildman–Crippen MR) is 110 cm³/mol. The third-order valence-electron chi connectivity index (χ3n) is 5.05. The number of hydrogen-bond acceptors (Lipinski definition) is 4. The number of fused-ring (bicyclic) bond motifs is 1. The zero-order chi connectivity index (χ0) is 18.6. The zero-order valence-electron chi connectivity index (χ0n) is 15.5. The summed E-state index contributed by atoms with van der Waals surface area (Å²) in [5.74, 6) is 0.00145. The van der Waals surface area contributed by atoms with Gasteiger partial charge in [-0.2, -0.15) is 0 Å². The van der Waals surface area contributed by atoms with Crippen molar-refractivity contribution in [3.05, 3.63) is 70.6 Å². The Bertz CT molecular complexity index is 880. The van der Waals surface area contributed by atoms with Crippen molar-refractivity contribution in [3.8, 4) is 0 Å². The fourth-order valence-electron chi connectivity index (χ4n) is 3.51. The molecule has 1 amide bonds. The van der Waals surface area contributed by atoms with Crippen LogP contribution in [0, 0.1) is 6.92 Å². The third kappa shape index (κ3) is 4.21. The molecule has 0 aliphatic carbocycles. The van der Waals surface area contributed by atoms with Crippen LogP contribution < -0.4 is 5.32 Å². The van der Waals surface area contributed by atoms with Crippen LogP contribution in [0.3, 0.4) is 0 Å². The average molecular weight is 381 g/mol. The maximum atomic E-state index is 12.7. The van der Waals surface area contributed by atoms with Crippen molar-refractivity contribution in [1.29, 1.82) is 0 Å². The number of ether oxygens (including phenoxy) is 1. The van der Waals surface area contributed by atoms with Crippen molar-refractivity contribution in [2.45, 2.75) is 13.0 Å². The SMILES string of the molecule is Cc1ccc(C(CNC(=O)c2cc3ccccc3s2)N2CCOCC2)cc1. The van der Waals surface area contributed by atoms with E-state index >= 15 is 0 Å². The molecule has 140 valence electrons. The fourth-order valence-corrected chi connectivity index (χ4v) is 4.48. The molecule has 4 nitrogen and oxygen atoms in total. The van der Waals surface area contributed by atoms with Gasteiger partial charge in [0.25, 0.3) is 5.91 Å². The largest absolute Gasteiger partial charge is 0.379 e. The van der Waals surface area contributed by atoms with Crippen LogP contribution in [0.2, 0.25) is 0 Å². The number of aryl methyl sites for hydroxylation is 1. The second-order valence-corrected chi connectivity index (χ2v) is 8.02. The number of carbonyl (C=O) groups excluding carboxylic acids is 1. The quantitative estimate of drug-likeness (QED) is 0.727. The standard InChI is InChI=1S/C22H24N2O2S/c1-16-6-8-17(9-7-16)19(24-10-12-26-13-11-24)15-23-22(25)21-14-18-4-2-3-5-20(18)27-21/h2-9,14,19H,10-13,15H2,1H3,(H,23,25). The van der Waals surface area contributed by atoms with E-state index in [0.717, 1.165) is 41.3 Å². The summed E-state index contributed by atoms with van der Waals surface area (Å²) in [6, 6.07) is 18.9. The van der Waals surface area contributed by atoms with Crippen LogP contribution in [0.15, 0.2) is 54.6 Å². The minimum Gasteiger partial charge on any atom is -0.379 e. The molecule has 0 radical (unpaired) electrons. The van der Waals surface area contributed by atoms with Gasteiger partial charge in [-0.05, 0) is 30.0 Å². The van der Waals surface area contributed by atoms with Gasteiger partial charge in [-0.3, -0.25) is 9.69 Å². The van der Waals surface area contributed by atoms with E-state index in [9.17, 15) is 4.79 Å². The Morgan fingerprint density at radius 2 is 1.89 bits per heavy atom. The van der Waals surface area contributed by atoms with E-state index in [4.69, 9.17) is 4.74 Å². The minimum atomic E-state index is 0.00145. The predicted octanol–water partition coefficient (Wildman–Crippen LogP) is 4.01. The van der Waals surface area contributed by atoms with Crippen molar-refractivity contribution >= 4 is 27.3 Å². The summed E-state index contributed by atoms with van der Waals surface area (Å²) in [5, 5.41) is 4.28. The number of thiophene rings is 1. The van der Waals surface area contributed by atoms with Gasteiger partial charge in [-0.15, -0.1) is 11.3 Å². The smallest absolute Gasteiger partial charge is 0.261 e. The highest BCUT2D eigenvalue weighted by atomic mass is 32.1. The minimum absolute atomic E-state index is 0.00145. The molecule has 1 saturated heterocycles. The molecule has 27 heavy (non-hydrogen) atoms. The van der Waals surface area contributed by atoms with Crippen molar-refractivity contribution in [2.75, 3.05) is 32.8 Å². The van der Waals surface area contributed by atoms with Crippen LogP contribution >= 0.6 is 11.3 Å². The fraction of sp³-hybridized carbons (Fsp3) is 0.318. The topological polar surface area (TPSA) is 41.6 Å². The van der Waals surface area contributed by atoms with Crippen LogP contribution in [0.4, 0.5) is 0 Å². The first-order chi connectivity index (χ1) is 13.2. The van der Waals surface area contributed by atoms with Gasteiger partial charge in [0, 0.05) is 24.3 Å². The Hall–Kier alpha value is -2.21. The molecule has 1 aliphatic rings. The molecule has 1 unspecified atom stereocenters. The molecule has 0 bridgehead atoms. The number of benzene rings is 2. The van der Waals surface area contributed by atoms with E-state index in [0.29, 0.717) is 6.54 Å². The van der Waals surface area contributed by atoms with E-state index in [1.807, 2.05) is 24.3 Å². The maximum Gasteiger partial charge on any atom is 0.261 e. The number of nitrogens with one attached hydrogen (secondary N) is 1. The summed E-state index contributed by atoms with van der Waals surface area (Å²) in [7, 11) is 0. The molecule has 1 aromatic heterocycles. The van der Waals surface area contributed by atoms with Gasteiger partial charge in [0.15, 0.2) is 0 Å². The lowest BCUT2D eigenvalue weighted by molar-refractivity contribution is 0.0162. The second-order valence-electron chi connectivity index (χ2n) is 6.93. The Morgan fingerprint density at radius 3 is 2.63 bits per heavy atom. The highest BCUT2D eigenvalue weighted by Gasteiger charge is 2.23. The molecule has 1 N–H and O–H groups in total. The number of morpholine rings is 1. The summed E-state index contributed by atoms with van der Waals surface area (Å²) >= 11 is 1.54. The van der Waals surface area contributed by atoms with Gasteiger partial charge in [0.1, 0.15) is 0 Å². The van der Waals surface area contributed by atoms with Gasteiger partial charge >= 0.3 is 0 Å². The number of rotatable bonds is 5. The summed E-state index contributed by atoms with van der Waals surface area (Å²) in [6.07, 6.45) is 0. The number of carbonyl (C=O) groups is 1. The molecular formula is C22H24N2O2S. The summed E-state index contributed by atoms with van der Waals surface area (Å²) < 4.78 is 6.65. The lowest BCUT2D eigenvalue weighted by Crippen LogP contribution is -2.43. The molecule has 1 aliphatic heterocycles. The normalized spacial score (nSPS) is 16.3. The lowest BCUT2D eigenvalue weighted by atomic mass is 10.0. The van der Waals surface area contributed by atoms with Gasteiger partial charge in [0.2, 0.25) is 0 Å². The van der Waals surface area contributed by atoms with Crippen LogP contribution in [-0.2, 0) is 4.74 Å². The summed E-state index contributed by atoms with van der Waals surface area (Å²) in [5.41, 5.74) is 2.48. The Balaban J connectivity index is 1.50. The van der Waals surface area contributed by atoms with E-state index in [1.165, 1.54) is 11.1 Å². The van der Waals surface area contributed by atoms with Crippen LogP contribution in [-0.4, -0.2) is 43.7 Å². The maximum absolute atomic E-state index is 12.7. The highest BCUT2D eigenvalue weighted by molar-refractivity contribution is 7.20. The molecule has 0 spiro atoms. The summed E-state index contributed by atoms with van der Waals surface area (Å²) in [4.78, 5) is 15.9. The first-order valence-corrected chi connectivity index (χ1v) is 10.2. The summed E-state index contributed by atoms with van der Waals surface area (Å²) in [6.45, 7) is 5.95. The molecule has 2 heterocycles. The van der Waals surface area contributed by atoms with E-state index < -0.39 is 0 Å². The molecule has 2 aromatic carbocycles. The number of nitrogens with zero attached hydrogens (tertiary/aromatic N) is 1. The first kappa shape index (κ1) is 18.2. The molecule has 5 heteroatoms. The van der Waals surface area contributed by atoms with Crippen molar-refractivity contribution < 1.29 is 9.53 Å².